The van der Waals surface area contributed by atoms with Crippen molar-refractivity contribution in [3.63, 3.8) is 0 Å². The highest BCUT2D eigenvalue weighted by Crippen LogP contribution is 2.42. The summed E-state index contributed by atoms with van der Waals surface area (Å²) in [4.78, 5) is 26.7. The number of rotatable bonds is 4. The molecule has 4 rings (SSSR count). The van der Waals surface area contributed by atoms with Gasteiger partial charge in [0.05, 0.1) is 5.75 Å². The maximum atomic E-state index is 13.7. The van der Waals surface area contributed by atoms with E-state index in [1.807, 2.05) is 49.4 Å². The van der Waals surface area contributed by atoms with Crippen LogP contribution in [0.25, 0.3) is 0 Å². The fourth-order valence-corrected chi connectivity index (χ4v) is 4.54. The summed E-state index contributed by atoms with van der Waals surface area (Å²) < 4.78 is 13.7. The van der Waals surface area contributed by atoms with Crippen LogP contribution in [0, 0.1) is 12.7 Å². The molecular formula is C23H19FN2O2S. The van der Waals surface area contributed by atoms with Crippen LogP contribution in [-0.4, -0.2) is 17.6 Å². The topological polar surface area (TPSA) is 49.4 Å². The second-order valence-electron chi connectivity index (χ2n) is 6.80. The third-order valence-electron chi connectivity index (χ3n) is 4.77. The summed E-state index contributed by atoms with van der Waals surface area (Å²) in [6.45, 7) is 1.89. The number of amides is 2. The third kappa shape index (κ3) is 4.03. The molecule has 1 atom stereocenters. The molecule has 1 fully saturated rings. The summed E-state index contributed by atoms with van der Waals surface area (Å²) in [6, 6.07) is 20.9. The molecule has 1 aliphatic rings. The number of hydrogen-bond acceptors (Lipinski definition) is 3. The van der Waals surface area contributed by atoms with Gasteiger partial charge in [-0.3, -0.25) is 14.5 Å². The average molecular weight is 406 g/mol. The first-order valence-corrected chi connectivity index (χ1v) is 10.2. The molecule has 1 N–H and O–H groups in total. The smallest absolute Gasteiger partial charge is 0.255 e. The average Bonchev–Trinajstić information content (AvgIpc) is 3.10. The predicted molar refractivity (Wildman–Crippen MR) is 115 cm³/mol. The summed E-state index contributed by atoms with van der Waals surface area (Å²) in [7, 11) is 0. The summed E-state index contributed by atoms with van der Waals surface area (Å²) in [6.07, 6.45) is 0. The molecule has 3 aromatic rings. The van der Waals surface area contributed by atoms with Crippen LogP contribution < -0.4 is 10.2 Å². The van der Waals surface area contributed by atoms with Crippen molar-refractivity contribution >= 4 is 35.0 Å². The van der Waals surface area contributed by atoms with E-state index in [0.717, 1.165) is 11.1 Å². The number of aryl methyl sites for hydroxylation is 1. The Balaban J connectivity index is 1.60. The van der Waals surface area contributed by atoms with Crippen LogP contribution in [0.15, 0.2) is 72.8 Å². The molecule has 0 saturated carbocycles. The van der Waals surface area contributed by atoms with Crippen molar-refractivity contribution in [1.29, 1.82) is 0 Å². The normalized spacial score (nSPS) is 16.1. The zero-order valence-corrected chi connectivity index (χ0v) is 16.6. The first-order chi connectivity index (χ1) is 14.0. The van der Waals surface area contributed by atoms with Crippen LogP contribution >= 0.6 is 11.8 Å². The number of carbonyl (C=O) groups is 2. The molecule has 2 amide bonds. The van der Waals surface area contributed by atoms with Crippen molar-refractivity contribution < 1.29 is 14.0 Å². The number of nitrogens with one attached hydrogen (secondary N) is 1. The second-order valence-corrected chi connectivity index (χ2v) is 7.87. The van der Waals surface area contributed by atoms with E-state index in [9.17, 15) is 14.0 Å². The van der Waals surface area contributed by atoms with Crippen LogP contribution in [0.1, 0.15) is 26.9 Å². The number of halogens is 1. The molecule has 1 saturated heterocycles. The number of hydrogen-bond donors (Lipinski definition) is 1. The molecule has 29 heavy (non-hydrogen) atoms. The van der Waals surface area contributed by atoms with Crippen molar-refractivity contribution in [2.45, 2.75) is 12.3 Å². The first-order valence-electron chi connectivity index (χ1n) is 9.19. The SMILES string of the molecule is Cc1ccccc1C(=O)Nc1cccc([C@H]2SCC(=O)N2c2cccc(F)c2)c1. The maximum absolute atomic E-state index is 13.7. The largest absolute Gasteiger partial charge is 0.322 e. The Kier molecular flexibility index (Phi) is 5.36. The van der Waals surface area contributed by atoms with Crippen LogP contribution in [0.2, 0.25) is 0 Å². The number of nitrogens with zero attached hydrogens (tertiary/aromatic N) is 1. The van der Waals surface area contributed by atoms with Crippen LogP contribution in [0.4, 0.5) is 15.8 Å². The van der Waals surface area contributed by atoms with E-state index in [1.165, 1.54) is 23.9 Å². The predicted octanol–water partition coefficient (Wildman–Crippen LogP) is 5.17. The fraction of sp³-hybridized carbons (Fsp3) is 0.130. The standard InChI is InChI=1S/C23H19FN2O2S/c1-15-6-2-3-11-20(15)22(28)25-18-9-4-7-16(12-18)23-26(21(27)14-29-23)19-10-5-8-17(24)13-19/h2-13,23H,14H2,1H3,(H,25,28)/t23-/m1/s1. The number of carbonyl (C=O) groups excluding carboxylic acids is 2. The van der Waals surface area contributed by atoms with E-state index < -0.39 is 0 Å². The Morgan fingerprint density at radius 1 is 1.07 bits per heavy atom. The summed E-state index contributed by atoms with van der Waals surface area (Å²) in [5.41, 5.74) is 3.56. The minimum Gasteiger partial charge on any atom is -0.322 e. The lowest BCUT2D eigenvalue weighted by Crippen LogP contribution is -2.27. The second kappa shape index (κ2) is 8.09. The molecule has 146 valence electrons. The molecule has 1 heterocycles. The third-order valence-corrected chi connectivity index (χ3v) is 5.99. The lowest BCUT2D eigenvalue weighted by Gasteiger charge is -2.24. The number of anilines is 2. The van der Waals surface area contributed by atoms with Gasteiger partial charge in [-0.15, -0.1) is 11.8 Å². The molecule has 0 bridgehead atoms. The zero-order valence-electron chi connectivity index (χ0n) is 15.8. The van der Waals surface area contributed by atoms with Gasteiger partial charge in [-0.2, -0.15) is 0 Å². The van der Waals surface area contributed by atoms with Crippen LogP contribution in [0.3, 0.4) is 0 Å². The molecule has 0 radical (unpaired) electrons. The van der Waals surface area contributed by atoms with Gasteiger partial charge in [0, 0.05) is 16.9 Å². The van der Waals surface area contributed by atoms with Gasteiger partial charge in [-0.1, -0.05) is 36.4 Å². The van der Waals surface area contributed by atoms with Crippen LogP contribution in [0.5, 0.6) is 0 Å². The number of thioether (sulfide) groups is 1. The molecule has 0 unspecified atom stereocenters. The van der Waals surface area contributed by atoms with Crippen molar-refractivity contribution in [2.75, 3.05) is 16.0 Å². The van der Waals surface area contributed by atoms with E-state index in [4.69, 9.17) is 0 Å². The molecule has 3 aromatic carbocycles. The minimum absolute atomic E-state index is 0.0695. The van der Waals surface area contributed by atoms with Crippen molar-refractivity contribution in [2.24, 2.45) is 0 Å². The van der Waals surface area contributed by atoms with Gasteiger partial charge in [-0.25, -0.2) is 4.39 Å². The van der Waals surface area contributed by atoms with Crippen LogP contribution in [-0.2, 0) is 4.79 Å². The maximum Gasteiger partial charge on any atom is 0.255 e. The Morgan fingerprint density at radius 3 is 2.66 bits per heavy atom. The fourth-order valence-electron chi connectivity index (χ4n) is 3.37. The molecule has 0 spiro atoms. The van der Waals surface area contributed by atoms with Gasteiger partial charge in [-0.05, 0) is 54.4 Å². The Bertz CT molecular complexity index is 1090. The Labute approximate surface area is 172 Å². The highest BCUT2D eigenvalue weighted by Gasteiger charge is 2.34. The van der Waals surface area contributed by atoms with E-state index >= 15 is 0 Å². The van der Waals surface area contributed by atoms with E-state index in [2.05, 4.69) is 5.32 Å². The monoisotopic (exact) mass is 406 g/mol. The lowest BCUT2D eigenvalue weighted by molar-refractivity contribution is -0.115. The van der Waals surface area contributed by atoms with Crippen molar-refractivity contribution in [3.8, 4) is 0 Å². The minimum atomic E-state index is -0.384. The lowest BCUT2D eigenvalue weighted by atomic mass is 10.1. The molecular weight excluding hydrogens is 387 g/mol. The summed E-state index contributed by atoms with van der Waals surface area (Å²) in [5, 5.41) is 2.65. The van der Waals surface area contributed by atoms with Gasteiger partial charge >= 0.3 is 0 Å². The zero-order chi connectivity index (χ0) is 20.4. The van der Waals surface area contributed by atoms with Gasteiger partial charge in [0.15, 0.2) is 0 Å². The first kappa shape index (κ1) is 19.2. The Morgan fingerprint density at radius 2 is 1.86 bits per heavy atom. The molecule has 4 nitrogen and oxygen atoms in total. The van der Waals surface area contributed by atoms with E-state index in [-0.39, 0.29) is 23.0 Å². The van der Waals surface area contributed by atoms with Gasteiger partial charge < -0.3 is 5.32 Å². The highest BCUT2D eigenvalue weighted by molar-refractivity contribution is 8.00. The molecule has 0 aliphatic carbocycles. The van der Waals surface area contributed by atoms with E-state index in [1.54, 1.807) is 23.1 Å². The molecule has 6 heteroatoms. The number of benzene rings is 3. The quantitative estimate of drug-likeness (QED) is 0.651. The van der Waals surface area contributed by atoms with Gasteiger partial charge in [0.1, 0.15) is 11.2 Å². The van der Waals surface area contributed by atoms with Gasteiger partial charge in [0.25, 0.3) is 5.91 Å². The van der Waals surface area contributed by atoms with Crippen molar-refractivity contribution in [3.05, 3.63) is 95.3 Å². The summed E-state index contributed by atoms with van der Waals surface area (Å²) in [5.74, 6) is -0.316. The highest BCUT2D eigenvalue weighted by atomic mass is 32.2. The van der Waals surface area contributed by atoms with Gasteiger partial charge in [0.2, 0.25) is 5.91 Å². The Hall–Kier alpha value is -3.12. The molecule has 0 aromatic heterocycles. The van der Waals surface area contributed by atoms with E-state index in [0.29, 0.717) is 22.7 Å². The van der Waals surface area contributed by atoms with Crippen molar-refractivity contribution in [1.82, 2.24) is 0 Å². The summed E-state index contributed by atoms with van der Waals surface area (Å²) >= 11 is 1.48. The molecule has 1 aliphatic heterocycles.